The smallest absolute Gasteiger partial charge is 0.291 e. The van der Waals surface area contributed by atoms with Gasteiger partial charge in [0.05, 0.1) is 11.3 Å². The first-order chi connectivity index (χ1) is 14.2. The van der Waals surface area contributed by atoms with E-state index in [0.717, 1.165) is 29.7 Å². The van der Waals surface area contributed by atoms with Gasteiger partial charge in [0.25, 0.3) is 11.5 Å². The summed E-state index contributed by atoms with van der Waals surface area (Å²) in [5.74, 6) is 0.387. The molecule has 5 rings (SSSR count). The fourth-order valence-electron chi connectivity index (χ4n) is 3.63. The van der Waals surface area contributed by atoms with Crippen LogP contribution in [0.5, 0.6) is 0 Å². The first-order valence-corrected chi connectivity index (χ1v) is 10.4. The number of benzene rings is 2. The number of carbonyl (C=O) groups is 1. The monoisotopic (exact) mass is 402 g/mol. The molecule has 0 atom stereocenters. The van der Waals surface area contributed by atoms with Gasteiger partial charge in [0, 0.05) is 17.7 Å². The topological polar surface area (TPSA) is 67.6 Å². The van der Waals surface area contributed by atoms with Crippen LogP contribution < -0.4 is 15.0 Å². The van der Waals surface area contributed by atoms with Gasteiger partial charge in [0.1, 0.15) is 4.53 Å². The van der Waals surface area contributed by atoms with E-state index in [2.05, 4.69) is 17.0 Å². The number of unbranched alkanes of at least 4 members (excludes halogenated alkanes) is 1. The van der Waals surface area contributed by atoms with Gasteiger partial charge in [-0.3, -0.25) is 9.59 Å². The molecule has 0 N–H and O–H groups in total. The van der Waals surface area contributed by atoms with Crippen LogP contribution in [0.3, 0.4) is 0 Å². The number of carbonyl (C=O) groups excluding carboxylic acids is 1. The summed E-state index contributed by atoms with van der Waals surface area (Å²) >= 11 is 1.22. The Labute approximate surface area is 170 Å². The van der Waals surface area contributed by atoms with Crippen LogP contribution in [0.2, 0.25) is 0 Å². The lowest BCUT2D eigenvalue weighted by molar-refractivity contribution is -0.113. The molecule has 3 heterocycles. The largest absolute Gasteiger partial charge is 0.308 e. The third kappa shape index (κ3) is 2.77. The molecule has 0 saturated carbocycles. The number of fused-ring (bicyclic) bond motifs is 2. The Kier molecular flexibility index (Phi) is 4.24. The molecule has 29 heavy (non-hydrogen) atoms. The summed E-state index contributed by atoms with van der Waals surface area (Å²) in [6, 6.07) is 17.2. The average Bonchev–Trinajstić information content (AvgIpc) is 3.38. The van der Waals surface area contributed by atoms with Crippen LogP contribution in [0.25, 0.3) is 21.9 Å². The molecule has 0 bridgehead atoms. The van der Waals surface area contributed by atoms with Crippen molar-refractivity contribution in [1.82, 2.24) is 14.6 Å². The van der Waals surface area contributed by atoms with Crippen molar-refractivity contribution in [2.45, 2.75) is 19.8 Å². The Balaban J connectivity index is 1.70. The zero-order chi connectivity index (χ0) is 20.0. The Morgan fingerprint density at radius 2 is 1.76 bits per heavy atom. The van der Waals surface area contributed by atoms with E-state index in [4.69, 9.17) is 0 Å². The zero-order valence-corrected chi connectivity index (χ0v) is 16.6. The lowest BCUT2D eigenvalue weighted by atomic mass is 10.1. The minimum absolute atomic E-state index is 0.121. The third-order valence-electron chi connectivity index (χ3n) is 5.07. The second kappa shape index (κ2) is 6.93. The molecule has 0 radical (unpaired) electrons. The summed E-state index contributed by atoms with van der Waals surface area (Å²) in [5, 5.41) is 4.39. The van der Waals surface area contributed by atoms with Gasteiger partial charge in [0.2, 0.25) is 4.96 Å². The molecule has 2 aromatic carbocycles. The molecule has 0 unspecified atom stereocenters. The SMILES string of the molecule is CCCCN1C(=O)/C(=c2\sc3nc(-c4ccccc4)nn3c2=O)c2ccccc21. The number of nitrogens with zero attached hydrogens (tertiary/aromatic N) is 4. The van der Waals surface area contributed by atoms with E-state index < -0.39 is 0 Å². The number of para-hydroxylation sites is 1. The molecule has 144 valence electrons. The maximum atomic E-state index is 13.2. The number of thiazole rings is 1. The van der Waals surface area contributed by atoms with Crippen LogP contribution >= 0.6 is 11.3 Å². The Morgan fingerprint density at radius 3 is 2.52 bits per heavy atom. The highest BCUT2D eigenvalue weighted by Gasteiger charge is 2.33. The van der Waals surface area contributed by atoms with Crippen LogP contribution in [0.15, 0.2) is 59.4 Å². The number of hydrogen-bond donors (Lipinski definition) is 0. The van der Waals surface area contributed by atoms with Gasteiger partial charge in [-0.05, 0) is 12.5 Å². The molecular formula is C22H18N4O2S. The normalized spacial score (nSPS) is 15.3. The second-order valence-corrected chi connectivity index (χ2v) is 7.91. The molecule has 0 fully saturated rings. The lowest BCUT2D eigenvalue weighted by Gasteiger charge is -2.16. The average molecular weight is 402 g/mol. The van der Waals surface area contributed by atoms with Gasteiger partial charge in [-0.15, -0.1) is 5.10 Å². The van der Waals surface area contributed by atoms with Gasteiger partial charge in [-0.25, -0.2) is 0 Å². The third-order valence-corrected chi connectivity index (χ3v) is 6.10. The van der Waals surface area contributed by atoms with E-state index in [1.807, 2.05) is 54.6 Å². The molecular weight excluding hydrogens is 384 g/mol. The molecule has 1 aliphatic rings. The zero-order valence-electron chi connectivity index (χ0n) is 15.8. The first kappa shape index (κ1) is 17.8. The van der Waals surface area contributed by atoms with E-state index in [0.29, 0.717) is 27.4 Å². The van der Waals surface area contributed by atoms with Crippen molar-refractivity contribution in [2.75, 3.05) is 11.4 Å². The molecule has 1 aliphatic heterocycles. The van der Waals surface area contributed by atoms with Gasteiger partial charge >= 0.3 is 0 Å². The summed E-state index contributed by atoms with van der Waals surface area (Å²) in [7, 11) is 0. The Morgan fingerprint density at radius 1 is 1.00 bits per heavy atom. The highest BCUT2D eigenvalue weighted by molar-refractivity contribution is 7.15. The maximum absolute atomic E-state index is 13.2. The van der Waals surface area contributed by atoms with Crippen molar-refractivity contribution in [2.24, 2.45) is 0 Å². The van der Waals surface area contributed by atoms with Crippen LogP contribution in [-0.2, 0) is 4.79 Å². The Bertz CT molecular complexity index is 1340. The second-order valence-electron chi connectivity index (χ2n) is 6.93. The summed E-state index contributed by atoms with van der Waals surface area (Å²) in [6.07, 6.45) is 1.90. The van der Waals surface area contributed by atoms with Crippen LogP contribution in [0.4, 0.5) is 5.69 Å². The van der Waals surface area contributed by atoms with Crippen molar-refractivity contribution >= 4 is 33.5 Å². The van der Waals surface area contributed by atoms with Gasteiger partial charge in [-0.2, -0.15) is 9.50 Å². The van der Waals surface area contributed by atoms with Crippen molar-refractivity contribution in [1.29, 1.82) is 0 Å². The molecule has 7 heteroatoms. The van der Waals surface area contributed by atoms with E-state index in [1.165, 1.54) is 15.9 Å². The fraction of sp³-hybridized carbons (Fsp3) is 0.182. The minimum Gasteiger partial charge on any atom is -0.308 e. The molecule has 2 aromatic heterocycles. The number of hydrogen-bond acceptors (Lipinski definition) is 5. The number of aromatic nitrogens is 3. The number of rotatable bonds is 4. The van der Waals surface area contributed by atoms with E-state index in [-0.39, 0.29) is 11.5 Å². The predicted molar refractivity (Wildman–Crippen MR) is 114 cm³/mol. The van der Waals surface area contributed by atoms with Gasteiger partial charge in [-0.1, -0.05) is 73.2 Å². The van der Waals surface area contributed by atoms with Gasteiger partial charge < -0.3 is 4.90 Å². The molecule has 0 aliphatic carbocycles. The molecule has 0 spiro atoms. The molecule has 1 amide bonds. The standard InChI is InChI=1S/C22H18N4O2S/c1-2-3-13-25-16-12-8-7-11-15(16)17(20(25)27)18-21(28)26-22(29-18)23-19(24-26)14-9-5-4-6-10-14/h4-12H,2-3,13H2,1H3/b18-17-. The fourth-order valence-corrected chi connectivity index (χ4v) is 4.63. The lowest BCUT2D eigenvalue weighted by Crippen LogP contribution is -2.33. The number of anilines is 1. The molecule has 6 nitrogen and oxygen atoms in total. The van der Waals surface area contributed by atoms with Crippen molar-refractivity contribution in [3.05, 3.63) is 75.0 Å². The summed E-state index contributed by atoms with van der Waals surface area (Å²) in [4.78, 5) is 33.1. The maximum Gasteiger partial charge on any atom is 0.291 e. The van der Waals surface area contributed by atoms with Crippen LogP contribution in [0, 0.1) is 0 Å². The molecule has 4 aromatic rings. The van der Waals surface area contributed by atoms with Gasteiger partial charge in [0.15, 0.2) is 5.82 Å². The highest BCUT2D eigenvalue weighted by Crippen LogP contribution is 2.35. The number of amides is 1. The van der Waals surface area contributed by atoms with E-state index in [1.54, 1.807) is 4.90 Å². The van der Waals surface area contributed by atoms with Crippen molar-refractivity contribution < 1.29 is 4.79 Å². The summed E-state index contributed by atoms with van der Waals surface area (Å²) in [5.41, 5.74) is 2.68. The first-order valence-electron chi connectivity index (χ1n) is 9.59. The quantitative estimate of drug-likeness (QED) is 0.526. The highest BCUT2D eigenvalue weighted by atomic mass is 32.1. The van der Waals surface area contributed by atoms with Crippen molar-refractivity contribution in [3.8, 4) is 11.4 Å². The van der Waals surface area contributed by atoms with E-state index in [9.17, 15) is 9.59 Å². The Hall–Kier alpha value is -3.32. The molecule has 0 saturated heterocycles. The predicted octanol–water partition coefficient (Wildman–Crippen LogP) is 2.88. The minimum atomic E-state index is -0.296. The van der Waals surface area contributed by atoms with Crippen molar-refractivity contribution in [3.63, 3.8) is 0 Å². The van der Waals surface area contributed by atoms with E-state index >= 15 is 0 Å². The summed E-state index contributed by atoms with van der Waals surface area (Å²) in [6.45, 7) is 2.74. The van der Waals surface area contributed by atoms with Crippen LogP contribution in [0.1, 0.15) is 25.3 Å². The summed E-state index contributed by atoms with van der Waals surface area (Å²) < 4.78 is 1.70. The van der Waals surface area contributed by atoms with Crippen LogP contribution in [-0.4, -0.2) is 27.0 Å².